The van der Waals surface area contributed by atoms with Crippen LogP contribution in [0.15, 0.2) is 54.6 Å². The standard InChI is InChI=1S/C20H25N3O2.2ClH/c21-18-8-6-16(7-9-18)10-11-22-20(24)19-15-23(12-13-25-19)14-17-4-2-1-3-5-17;;/h1-9,19H,10-15,21H2,(H,22,24);2*1H. The summed E-state index contributed by atoms with van der Waals surface area (Å²) in [4.78, 5) is 14.6. The molecule has 2 aromatic rings. The molecule has 1 aliphatic heterocycles. The molecular formula is C20H27Cl2N3O2. The van der Waals surface area contributed by atoms with Crippen molar-refractivity contribution in [2.75, 3.05) is 32.0 Å². The average Bonchev–Trinajstić information content (AvgIpc) is 2.64. The Bertz CT molecular complexity index is 683. The van der Waals surface area contributed by atoms with Crippen molar-refractivity contribution >= 4 is 36.4 Å². The first kappa shape index (κ1) is 23.2. The van der Waals surface area contributed by atoms with E-state index < -0.39 is 6.10 Å². The lowest BCUT2D eigenvalue weighted by molar-refractivity contribution is -0.138. The molecule has 5 nitrogen and oxygen atoms in total. The third-order valence-corrected chi connectivity index (χ3v) is 4.38. The normalized spacial score (nSPS) is 16.7. The molecule has 1 saturated heterocycles. The number of nitrogens with two attached hydrogens (primary N) is 1. The van der Waals surface area contributed by atoms with E-state index in [2.05, 4.69) is 22.3 Å². The van der Waals surface area contributed by atoms with E-state index in [4.69, 9.17) is 10.5 Å². The molecule has 0 radical (unpaired) electrons. The topological polar surface area (TPSA) is 67.6 Å². The van der Waals surface area contributed by atoms with E-state index >= 15 is 0 Å². The van der Waals surface area contributed by atoms with Gasteiger partial charge in [0.2, 0.25) is 5.91 Å². The van der Waals surface area contributed by atoms with Gasteiger partial charge in [-0.2, -0.15) is 0 Å². The monoisotopic (exact) mass is 411 g/mol. The van der Waals surface area contributed by atoms with Crippen molar-refractivity contribution in [3.05, 3.63) is 65.7 Å². The molecule has 148 valence electrons. The van der Waals surface area contributed by atoms with Crippen LogP contribution in [-0.2, 0) is 22.5 Å². The van der Waals surface area contributed by atoms with Crippen LogP contribution in [0.4, 0.5) is 5.69 Å². The minimum atomic E-state index is -0.399. The smallest absolute Gasteiger partial charge is 0.250 e. The van der Waals surface area contributed by atoms with Gasteiger partial charge in [0.15, 0.2) is 0 Å². The summed E-state index contributed by atoms with van der Waals surface area (Å²) in [5.74, 6) is -0.0341. The number of halogens is 2. The number of nitrogen functional groups attached to an aromatic ring is 1. The first-order valence-corrected chi connectivity index (χ1v) is 8.71. The molecule has 1 aliphatic rings. The Labute approximate surface area is 173 Å². The number of anilines is 1. The number of amides is 1. The number of carbonyl (C=O) groups excluding carboxylic acids is 1. The number of morpholine rings is 1. The molecule has 0 aromatic heterocycles. The Morgan fingerprint density at radius 3 is 2.48 bits per heavy atom. The predicted octanol–water partition coefficient (Wildman–Crippen LogP) is 2.67. The van der Waals surface area contributed by atoms with Gasteiger partial charge in [-0.25, -0.2) is 0 Å². The first-order valence-electron chi connectivity index (χ1n) is 8.71. The molecule has 0 saturated carbocycles. The van der Waals surface area contributed by atoms with Gasteiger partial charge in [0, 0.05) is 31.9 Å². The van der Waals surface area contributed by atoms with E-state index in [0.717, 1.165) is 30.8 Å². The highest BCUT2D eigenvalue weighted by Gasteiger charge is 2.26. The Morgan fingerprint density at radius 1 is 1.07 bits per heavy atom. The van der Waals surface area contributed by atoms with Crippen LogP contribution in [0.5, 0.6) is 0 Å². The van der Waals surface area contributed by atoms with Gasteiger partial charge in [-0.15, -0.1) is 24.8 Å². The Hall–Kier alpha value is -1.79. The second-order valence-electron chi connectivity index (χ2n) is 6.36. The van der Waals surface area contributed by atoms with E-state index in [1.54, 1.807) is 0 Å². The summed E-state index contributed by atoms with van der Waals surface area (Å²) in [6.07, 6.45) is 0.385. The fourth-order valence-electron chi connectivity index (χ4n) is 2.97. The molecule has 0 bridgehead atoms. The molecule has 1 fully saturated rings. The largest absolute Gasteiger partial charge is 0.399 e. The van der Waals surface area contributed by atoms with Crippen LogP contribution < -0.4 is 11.1 Å². The van der Waals surface area contributed by atoms with Crippen LogP contribution >= 0.6 is 24.8 Å². The number of rotatable bonds is 6. The molecule has 2 aromatic carbocycles. The highest BCUT2D eigenvalue weighted by molar-refractivity contribution is 5.85. The number of nitrogens with zero attached hydrogens (tertiary/aromatic N) is 1. The fourth-order valence-corrected chi connectivity index (χ4v) is 2.97. The molecule has 1 atom stereocenters. The van der Waals surface area contributed by atoms with Crippen molar-refractivity contribution in [1.29, 1.82) is 0 Å². The minimum Gasteiger partial charge on any atom is -0.399 e. The maximum atomic E-state index is 12.4. The molecular weight excluding hydrogens is 385 g/mol. The minimum absolute atomic E-state index is 0. The molecule has 3 N–H and O–H groups in total. The molecule has 1 heterocycles. The lowest BCUT2D eigenvalue weighted by atomic mass is 10.1. The Balaban J connectivity index is 0.00000182. The summed E-state index contributed by atoms with van der Waals surface area (Å²) < 4.78 is 5.66. The summed E-state index contributed by atoms with van der Waals surface area (Å²) in [5, 5.41) is 2.98. The molecule has 3 rings (SSSR count). The summed E-state index contributed by atoms with van der Waals surface area (Å²) in [6, 6.07) is 18.0. The third kappa shape index (κ3) is 7.39. The van der Waals surface area contributed by atoms with Crippen LogP contribution in [0.1, 0.15) is 11.1 Å². The molecule has 1 unspecified atom stereocenters. The van der Waals surface area contributed by atoms with Crippen molar-refractivity contribution in [1.82, 2.24) is 10.2 Å². The predicted molar refractivity (Wildman–Crippen MR) is 114 cm³/mol. The number of ether oxygens (including phenoxy) is 1. The maximum absolute atomic E-state index is 12.4. The highest BCUT2D eigenvalue weighted by atomic mass is 35.5. The number of nitrogens with one attached hydrogen (secondary N) is 1. The lowest BCUT2D eigenvalue weighted by Crippen LogP contribution is -2.49. The second-order valence-corrected chi connectivity index (χ2v) is 6.36. The number of hydrogen-bond acceptors (Lipinski definition) is 4. The van der Waals surface area contributed by atoms with E-state index in [1.165, 1.54) is 5.56 Å². The van der Waals surface area contributed by atoms with Crippen LogP contribution in [0.25, 0.3) is 0 Å². The van der Waals surface area contributed by atoms with Crippen LogP contribution in [-0.4, -0.2) is 43.2 Å². The van der Waals surface area contributed by atoms with Crippen LogP contribution in [0.2, 0.25) is 0 Å². The van der Waals surface area contributed by atoms with Gasteiger partial charge >= 0.3 is 0 Å². The van der Waals surface area contributed by atoms with Gasteiger partial charge in [0.1, 0.15) is 6.10 Å². The fraction of sp³-hybridized carbons (Fsp3) is 0.350. The Kier molecular flexibility index (Phi) is 10.2. The van der Waals surface area contributed by atoms with Crippen LogP contribution in [0, 0.1) is 0 Å². The number of hydrogen-bond donors (Lipinski definition) is 2. The van der Waals surface area contributed by atoms with Crippen LogP contribution in [0.3, 0.4) is 0 Å². The molecule has 0 aliphatic carbocycles. The Morgan fingerprint density at radius 2 is 1.78 bits per heavy atom. The zero-order chi connectivity index (χ0) is 17.5. The zero-order valence-corrected chi connectivity index (χ0v) is 16.8. The van der Waals surface area contributed by atoms with Crippen molar-refractivity contribution in [3.63, 3.8) is 0 Å². The summed E-state index contributed by atoms with van der Waals surface area (Å²) >= 11 is 0. The van der Waals surface area contributed by atoms with E-state index in [1.807, 2.05) is 42.5 Å². The lowest BCUT2D eigenvalue weighted by Gasteiger charge is -2.32. The van der Waals surface area contributed by atoms with Gasteiger partial charge in [-0.1, -0.05) is 42.5 Å². The maximum Gasteiger partial charge on any atom is 0.250 e. The van der Waals surface area contributed by atoms with E-state index in [-0.39, 0.29) is 30.7 Å². The SMILES string of the molecule is Cl.Cl.Nc1ccc(CCNC(=O)C2CN(Cc3ccccc3)CCO2)cc1. The summed E-state index contributed by atoms with van der Waals surface area (Å²) in [5.41, 5.74) is 8.84. The summed E-state index contributed by atoms with van der Waals surface area (Å²) in [6.45, 7) is 3.51. The number of carbonyl (C=O) groups is 1. The van der Waals surface area contributed by atoms with E-state index in [9.17, 15) is 4.79 Å². The quantitative estimate of drug-likeness (QED) is 0.716. The van der Waals surface area contributed by atoms with Gasteiger partial charge in [-0.05, 0) is 29.7 Å². The molecule has 7 heteroatoms. The molecule has 1 amide bonds. The van der Waals surface area contributed by atoms with Gasteiger partial charge < -0.3 is 15.8 Å². The van der Waals surface area contributed by atoms with Crippen molar-refractivity contribution < 1.29 is 9.53 Å². The highest BCUT2D eigenvalue weighted by Crippen LogP contribution is 2.11. The summed E-state index contributed by atoms with van der Waals surface area (Å²) in [7, 11) is 0. The van der Waals surface area contributed by atoms with E-state index in [0.29, 0.717) is 19.7 Å². The van der Waals surface area contributed by atoms with Gasteiger partial charge in [-0.3, -0.25) is 9.69 Å². The van der Waals surface area contributed by atoms with Crippen molar-refractivity contribution in [3.8, 4) is 0 Å². The second kappa shape index (κ2) is 11.8. The van der Waals surface area contributed by atoms with Crippen molar-refractivity contribution in [2.24, 2.45) is 0 Å². The van der Waals surface area contributed by atoms with Gasteiger partial charge in [0.05, 0.1) is 6.61 Å². The number of benzene rings is 2. The van der Waals surface area contributed by atoms with Gasteiger partial charge in [0.25, 0.3) is 0 Å². The average molecular weight is 412 g/mol. The first-order chi connectivity index (χ1) is 12.2. The zero-order valence-electron chi connectivity index (χ0n) is 15.2. The molecule has 0 spiro atoms. The third-order valence-electron chi connectivity index (χ3n) is 4.38. The molecule has 27 heavy (non-hydrogen) atoms. The van der Waals surface area contributed by atoms with Crippen molar-refractivity contribution in [2.45, 2.75) is 19.1 Å².